The van der Waals surface area contributed by atoms with Crippen molar-refractivity contribution < 1.29 is 9.52 Å². The molecule has 27 heavy (non-hydrogen) atoms. The molecule has 0 bridgehead atoms. The van der Waals surface area contributed by atoms with Gasteiger partial charge in [0.2, 0.25) is 0 Å². The van der Waals surface area contributed by atoms with E-state index in [4.69, 9.17) is 4.42 Å². The zero-order valence-electron chi connectivity index (χ0n) is 16.0. The van der Waals surface area contributed by atoms with Crippen LogP contribution in [0.2, 0.25) is 0 Å². The Labute approximate surface area is 158 Å². The van der Waals surface area contributed by atoms with Crippen molar-refractivity contribution in [1.29, 1.82) is 0 Å². The van der Waals surface area contributed by atoms with E-state index in [1.54, 1.807) is 18.2 Å². The van der Waals surface area contributed by atoms with Gasteiger partial charge < -0.3 is 9.52 Å². The molecule has 0 aromatic heterocycles. The van der Waals surface area contributed by atoms with Crippen molar-refractivity contribution >= 4 is 11.0 Å². The largest absolute Gasteiger partial charge is 0.508 e. The highest BCUT2D eigenvalue weighted by atomic mass is 16.3. The molecule has 2 aliphatic rings. The van der Waals surface area contributed by atoms with Crippen LogP contribution >= 0.6 is 0 Å². The van der Waals surface area contributed by atoms with Crippen molar-refractivity contribution in [3.63, 3.8) is 0 Å². The lowest BCUT2D eigenvalue weighted by molar-refractivity contribution is 0.474. The maximum absolute atomic E-state index is 11.9. The summed E-state index contributed by atoms with van der Waals surface area (Å²) in [7, 11) is 0. The first-order valence-electron chi connectivity index (χ1n) is 9.05. The lowest BCUT2D eigenvalue weighted by atomic mass is 9.83. The van der Waals surface area contributed by atoms with Crippen LogP contribution in [-0.2, 0) is 5.41 Å². The van der Waals surface area contributed by atoms with Crippen LogP contribution in [0.3, 0.4) is 0 Å². The van der Waals surface area contributed by atoms with Gasteiger partial charge in [-0.05, 0) is 53.3 Å². The monoisotopic (exact) mass is 358 g/mol. The van der Waals surface area contributed by atoms with Crippen molar-refractivity contribution in [2.24, 2.45) is 0 Å². The fourth-order valence-corrected chi connectivity index (χ4v) is 3.51. The van der Waals surface area contributed by atoms with E-state index in [1.165, 1.54) is 11.6 Å². The van der Waals surface area contributed by atoms with Crippen LogP contribution in [0.15, 0.2) is 63.8 Å². The third-order valence-electron chi connectivity index (χ3n) is 5.05. The van der Waals surface area contributed by atoms with Crippen LogP contribution in [0.4, 0.5) is 0 Å². The molecule has 3 nitrogen and oxygen atoms in total. The number of hydrogen-bond donors (Lipinski definition) is 1. The van der Waals surface area contributed by atoms with Crippen LogP contribution < -0.4 is 5.43 Å². The Kier molecular flexibility index (Phi) is 3.84. The molecule has 3 heteroatoms. The predicted octanol–water partition coefficient (Wildman–Crippen LogP) is 5.88. The van der Waals surface area contributed by atoms with E-state index in [0.717, 1.165) is 27.6 Å². The smallest absolute Gasteiger partial charge is 0.182 e. The minimum atomic E-state index is -0.100. The van der Waals surface area contributed by atoms with E-state index in [1.807, 2.05) is 12.1 Å². The minimum Gasteiger partial charge on any atom is -0.508 e. The van der Waals surface area contributed by atoms with Gasteiger partial charge in [-0.25, -0.2) is 0 Å². The molecular weight excluding hydrogens is 336 g/mol. The van der Waals surface area contributed by atoms with Gasteiger partial charge in [0.1, 0.15) is 17.1 Å². The Bertz CT molecular complexity index is 1190. The molecule has 0 radical (unpaired) electrons. The molecule has 0 amide bonds. The third kappa shape index (κ3) is 2.99. The SMILES string of the molecule is Cc1ccc(C(C)(C)C)cc1-c1c2ccc(=O)cc-2oc2cc(O)ccc12. The molecule has 1 aliphatic heterocycles. The van der Waals surface area contributed by atoms with Gasteiger partial charge >= 0.3 is 0 Å². The summed E-state index contributed by atoms with van der Waals surface area (Å²) >= 11 is 0. The van der Waals surface area contributed by atoms with Crippen molar-refractivity contribution in [2.75, 3.05) is 0 Å². The van der Waals surface area contributed by atoms with E-state index >= 15 is 0 Å². The Morgan fingerprint density at radius 1 is 0.889 bits per heavy atom. The van der Waals surface area contributed by atoms with Gasteiger partial charge in [-0.1, -0.05) is 39.0 Å². The molecule has 0 fully saturated rings. The predicted molar refractivity (Wildman–Crippen MR) is 110 cm³/mol. The van der Waals surface area contributed by atoms with Crippen LogP contribution in [0.5, 0.6) is 5.75 Å². The summed E-state index contributed by atoms with van der Waals surface area (Å²) in [6.45, 7) is 8.67. The van der Waals surface area contributed by atoms with Gasteiger partial charge in [0.15, 0.2) is 5.43 Å². The van der Waals surface area contributed by atoms with Crippen molar-refractivity contribution in [2.45, 2.75) is 33.1 Å². The highest BCUT2D eigenvalue weighted by Crippen LogP contribution is 2.42. The Morgan fingerprint density at radius 2 is 1.67 bits per heavy atom. The molecule has 0 saturated heterocycles. The van der Waals surface area contributed by atoms with Gasteiger partial charge in [-0.15, -0.1) is 0 Å². The van der Waals surface area contributed by atoms with Gasteiger partial charge in [-0.2, -0.15) is 0 Å². The molecule has 1 N–H and O–H groups in total. The fourth-order valence-electron chi connectivity index (χ4n) is 3.51. The average molecular weight is 358 g/mol. The van der Waals surface area contributed by atoms with Gasteiger partial charge in [-0.3, -0.25) is 4.79 Å². The number of aryl methyl sites for hydroxylation is 1. The number of hydrogen-bond acceptors (Lipinski definition) is 3. The van der Waals surface area contributed by atoms with E-state index in [-0.39, 0.29) is 16.6 Å². The summed E-state index contributed by atoms with van der Waals surface area (Å²) in [5, 5.41) is 10.8. The molecule has 0 saturated carbocycles. The highest BCUT2D eigenvalue weighted by molar-refractivity contribution is 6.02. The maximum Gasteiger partial charge on any atom is 0.182 e. The second kappa shape index (κ2) is 5.98. The Morgan fingerprint density at radius 3 is 2.41 bits per heavy atom. The first-order valence-corrected chi connectivity index (χ1v) is 9.05. The summed E-state index contributed by atoms with van der Waals surface area (Å²) in [5.74, 6) is 0.658. The van der Waals surface area contributed by atoms with E-state index in [0.29, 0.717) is 11.3 Å². The van der Waals surface area contributed by atoms with E-state index < -0.39 is 0 Å². The van der Waals surface area contributed by atoms with E-state index in [2.05, 4.69) is 45.9 Å². The molecule has 0 unspecified atom stereocenters. The zero-order chi connectivity index (χ0) is 19.3. The summed E-state index contributed by atoms with van der Waals surface area (Å²) in [6.07, 6.45) is 0. The molecule has 136 valence electrons. The lowest BCUT2D eigenvalue weighted by Crippen LogP contribution is -2.11. The molecule has 2 aromatic rings. The Balaban J connectivity index is 2.16. The number of fused-ring (bicyclic) bond motifs is 2. The average Bonchev–Trinajstić information content (AvgIpc) is 2.59. The van der Waals surface area contributed by atoms with Crippen LogP contribution in [0, 0.1) is 6.92 Å². The summed E-state index contributed by atoms with van der Waals surface area (Å²) < 4.78 is 5.95. The molecular formula is C24H22O3. The summed E-state index contributed by atoms with van der Waals surface area (Å²) in [6, 6.07) is 16.6. The standard InChI is InChI=1S/C24H22O3/c1-14-5-6-15(24(2,3)4)11-20(14)23-18-9-7-16(25)12-21(18)27-22-13-17(26)8-10-19(22)23/h5-13,25H,1-4H3. The second-order valence-electron chi connectivity index (χ2n) is 8.10. The third-order valence-corrected chi connectivity index (χ3v) is 5.05. The number of benzene rings is 3. The molecule has 0 spiro atoms. The van der Waals surface area contributed by atoms with Crippen molar-refractivity contribution in [3.8, 4) is 28.2 Å². The number of rotatable bonds is 1. The maximum atomic E-state index is 11.9. The number of aromatic hydroxyl groups is 1. The summed E-state index contributed by atoms with van der Waals surface area (Å²) in [5.41, 5.74) is 5.89. The lowest BCUT2D eigenvalue weighted by Gasteiger charge is -2.22. The normalized spacial score (nSPS) is 12.0. The van der Waals surface area contributed by atoms with Crippen molar-refractivity contribution in [1.82, 2.24) is 0 Å². The molecule has 1 aliphatic carbocycles. The first-order chi connectivity index (χ1) is 12.7. The quantitative estimate of drug-likeness (QED) is 0.433. The topological polar surface area (TPSA) is 50.4 Å². The fraction of sp³-hybridized carbons (Fsp3) is 0.208. The molecule has 4 rings (SSSR count). The zero-order valence-corrected chi connectivity index (χ0v) is 16.0. The van der Waals surface area contributed by atoms with Crippen LogP contribution in [-0.4, -0.2) is 5.11 Å². The van der Waals surface area contributed by atoms with Crippen molar-refractivity contribution in [3.05, 3.63) is 75.9 Å². The molecule has 1 heterocycles. The van der Waals surface area contributed by atoms with Gasteiger partial charge in [0.25, 0.3) is 0 Å². The first kappa shape index (κ1) is 17.3. The summed E-state index contributed by atoms with van der Waals surface area (Å²) in [4.78, 5) is 11.9. The van der Waals surface area contributed by atoms with E-state index in [9.17, 15) is 9.90 Å². The van der Waals surface area contributed by atoms with Gasteiger partial charge in [0, 0.05) is 28.6 Å². The Hall–Kier alpha value is -3.07. The number of phenols is 1. The molecule has 2 aromatic carbocycles. The molecule has 0 atom stereocenters. The minimum absolute atomic E-state index is 0.0215. The number of phenolic OH excluding ortho intramolecular Hbond substituents is 1. The van der Waals surface area contributed by atoms with Gasteiger partial charge in [0.05, 0.1) is 0 Å². The van der Waals surface area contributed by atoms with Crippen LogP contribution in [0.1, 0.15) is 31.9 Å². The second-order valence-corrected chi connectivity index (χ2v) is 8.10. The van der Waals surface area contributed by atoms with Crippen LogP contribution in [0.25, 0.3) is 33.4 Å². The highest BCUT2D eigenvalue weighted by Gasteiger charge is 2.21.